The first-order valence-corrected chi connectivity index (χ1v) is 5.80. The Morgan fingerprint density at radius 2 is 2.07 bits per heavy atom. The molecule has 0 aliphatic heterocycles. The van der Waals surface area contributed by atoms with Crippen LogP contribution in [0.3, 0.4) is 0 Å². The van der Waals surface area contributed by atoms with Gasteiger partial charge < -0.3 is 5.11 Å². The molecule has 1 saturated carbocycles. The molecule has 0 radical (unpaired) electrons. The van der Waals surface area contributed by atoms with Gasteiger partial charge >= 0.3 is 5.97 Å². The van der Waals surface area contributed by atoms with E-state index in [1.165, 1.54) is 12.8 Å². The van der Waals surface area contributed by atoms with Gasteiger partial charge in [-0.3, -0.25) is 0 Å². The van der Waals surface area contributed by atoms with E-state index in [0.717, 1.165) is 12.8 Å². The highest BCUT2D eigenvalue weighted by Gasteiger charge is 2.49. The van der Waals surface area contributed by atoms with Gasteiger partial charge in [-0.25, -0.2) is 4.79 Å². The number of hydrogen-bond acceptors (Lipinski definition) is 1. The number of fused-ring (bicyclic) bond motifs is 1. The van der Waals surface area contributed by atoms with Crippen molar-refractivity contribution >= 4 is 5.97 Å². The number of allylic oxidation sites excluding steroid dienone is 1. The van der Waals surface area contributed by atoms with Gasteiger partial charge in [0.2, 0.25) is 0 Å². The van der Waals surface area contributed by atoms with E-state index in [1.807, 2.05) is 6.08 Å². The fourth-order valence-electron chi connectivity index (χ4n) is 3.67. The van der Waals surface area contributed by atoms with Crippen molar-refractivity contribution in [1.82, 2.24) is 0 Å². The van der Waals surface area contributed by atoms with Crippen molar-refractivity contribution in [2.75, 3.05) is 0 Å². The van der Waals surface area contributed by atoms with Crippen molar-refractivity contribution in [2.24, 2.45) is 16.7 Å². The van der Waals surface area contributed by atoms with Crippen LogP contribution in [0.25, 0.3) is 0 Å². The highest BCUT2D eigenvalue weighted by Crippen LogP contribution is 2.57. The molecule has 2 aliphatic carbocycles. The summed E-state index contributed by atoms with van der Waals surface area (Å²) in [6.45, 7) is 6.80. The van der Waals surface area contributed by atoms with Crippen LogP contribution in [0, 0.1) is 16.7 Å². The third-order valence-electron chi connectivity index (χ3n) is 4.48. The molecule has 1 N–H and O–H groups in total. The number of carbonyl (C=O) groups is 1. The Kier molecular flexibility index (Phi) is 2.21. The second-order valence-electron chi connectivity index (χ2n) is 6.08. The van der Waals surface area contributed by atoms with Gasteiger partial charge in [0.25, 0.3) is 0 Å². The van der Waals surface area contributed by atoms with Crippen molar-refractivity contribution in [3.8, 4) is 0 Å². The molecule has 0 spiro atoms. The summed E-state index contributed by atoms with van der Waals surface area (Å²) in [6, 6.07) is 0. The van der Waals surface area contributed by atoms with E-state index in [2.05, 4.69) is 20.8 Å². The zero-order chi connectivity index (χ0) is 11.3. The summed E-state index contributed by atoms with van der Waals surface area (Å²) in [5.74, 6) is -0.203. The van der Waals surface area contributed by atoms with E-state index in [0.29, 0.717) is 16.9 Å². The zero-order valence-corrected chi connectivity index (χ0v) is 9.84. The molecule has 2 nitrogen and oxygen atoms in total. The molecule has 0 saturated heterocycles. The van der Waals surface area contributed by atoms with E-state index in [9.17, 15) is 4.79 Å². The Balaban J connectivity index is 2.32. The third kappa shape index (κ3) is 1.60. The fourth-order valence-corrected chi connectivity index (χ4v) is 3.67. The maximum atomic E-state index is 11.0. The largest absolute Gasteiger partial charge is 0.478 e. The second kappa shape index (κ2) is 3.10. The molecule has 2 rings (SSSR count). The Labute approximate surface area is 91.4 Å². The average Bonchev–Trinajstić information content (AvgIpc) is 2.43. The second-order valence-corrected chi connectivity index (χ2v) is 6.08. The highest BCUT2D eigenvalue weighted by atomic mass is 16.4. The molecule has 0 amide bonds. The minimum Gasteiger partial charge on any atom is -0.478 e. The molecule has 2 atom stereocenters. The van der Waals surface area contributed by atoms with Crippen LogP contribution in [0.5, 0.6) is 0 Å². The number of hydrogen-bond donors (Lipinski definition) is 1. The van der Waals surface area contributed by atoms with Gasteiger partial charge in [-0.1, -0.05) is 33.3 Å². The predicted molar refractivity (Wildman–Crippen MR) is 59.6 cm³/mol. The van der Waals surface area contributed by atoms with E-state index in [4.69, 9.17) is 5.11 Å². The zero-order valence-electron chi connectivity index (χ0n) is 9.84. The summed E-state index contributed by atoms with van der Waals surface area (Å²) in [6.07, 6.45) is 6.40. The number of carboxylic acids is 1. The normalized spacial score (nSPS) is 38.3. The number of carboxylic acid groups (broad SMARTS) is 1. The molecule has 0 bridgehead atoms. The standard InChI is InChI=1S/C13H20O2/c1-12(2)5-4-6-13(3)8-9(11(14)15)7-10(12)13/h8,10H,4-7H2,1-3H3,(H,14,15). The van der Waals surface area contributed by atoms with Crippen LogP contribution in [0.15, 0.2) is 11.6 Å². The van der Waals surface area contributed by atoms with Crippen LogP contribution < -0.4 is 0 Å². The van der Waals surface area contributed by atoms with Crippen molar-refractivity contribution in [3.05, 3.63) is 11.6 Å². The Bertz CT molecular complexity index is 327. The molecule has 15 heavy (non-hydrogen) atoms. The molecular formula is C13H20O2. The summed E-state index contributed by atoms with van der Waals surface area (Å²) in [4.78, 5) is 11.0. The topological polar surface area (TPSA) is 37.3 Å². The molecule has 84 valence electrons. The van der Waals surface area contributed by atoms with Gasteiger partial charge in [-0.15, -0.1) is 0 Å². The monoisotopic (exact) mass is 208 g/mol. The van der Waals surface area contributed by atoms with Gasteiger partial charge in [0.15, 0.2) is 0 Å². The SMILES string of the molecule is CC1(C)CCCC2(C)C=C(C(=O)O)CC12. The summed E-state index contributed by atoms with van der Waals surface area (Å²) >= 11 is 0. The Morgan fingerprint density at radius 3 is 2.60 bits per heavy atom. The van der Waals surface area contributed by atoms with E-state index in [1.54, 1.807) is 0 Å². The lowest BCUT2D eigenvalue weighted by Crippen LogP contribution is -2.38. The molecule has 0 aromatic carbocycles. The van der Waals surface area contributed by atoms with Crippen LogP contribution in [0.1, 0.15) is 46.5 Å². The van der Waals surface area contributed by atoms with Crippen molar-refractivity contribution in [2.45, 2.75) is 46.5 Å². The maximum absolute atomic E-state index is 11.0. The fraction of sp³-hybridized carbons (Fsp3) is 0.769. The Hall–Kier alpha value is -0.790. The summed E-state index contributed by atoms with van der Waals surface area (Å²) in [7, 11) is 0. The summed E-state index contributed by atoms with van der Waals surface area (Å²) in [5.41, 5.74) is 1.06. The molecular weight excluding hydrogens is 188 g/mol. The van der Waals surface area contributed by atoms with Gasteiger partial charge in [-0.05, 0) is 36.0 Å². The lowest BCUT2D eigenvalue weighted by Gasteiger charge is -2.47. The predicted octanol–water partition coefficient (Wildman–Crippen LogP) is 3.23. The van der Waals surface area contributed by atoms with Crippen molar-refractivity contribution in [1.29, 1.82) is 0 Å². The van der Waals surface area contributed by atoms with Crippen molar-refractivity contribution in [3.63, 3.8) is 0 Å². The molecule has 0 aromatic heterocycles. The van der Waals surface area contributed by atoms with E-state index >= 15 is 0 Å². The maximum Gasteiger partial charge on any atom is 0.331 e. The lowest BCUT2D eigenvalue weighted by atomic mass is 9.58. The van der Waals surface area contributed by atoms with Gasteiger partial charge in [0.1, 0.15) is 0 Å². The van der Waals surface area contributed by atoms with E-state index in [-0.39, 0.29) is 5.41 Å². The average molecular weight is 208 g/mol. The van der Waals surface area contributed by atoms with E-state index < -0.39 is 5.97 Å². The third-order valence-corrected chi connectivity index (χ3v) is 4.48. The molecule has 1 fully saturated rings. The van der Waals surface area contributed by atoms with Crippen LogP contribution in [0.2, 0.25) is 0 Å². The molecule has 2 aliphatic rings. The first kappa shape index (κ1) is 10.7. The minimum atomic E-state index is -0.721. The first-order chi connectivity index (χ1) is 6.85. The number of aliphatic carboxylic acids is 1. The summed E-state index contributed by atoms with van der Waals surface area (Å²) in [5, 5.41) is 9.08. The highest BCUT2D eigenvalue weighted by molar-refractivity contribution is 5.87. The molecule has 2 heteroatoms. The summed E-state index contributed by atoms with van der Waals surface area (Å²) < 4.78 is 0. The molecule has 0 aromatic rings. The van der Waals surface area contributed by atoms with Crippen molar-refractivity contribution < 1.29 is 9.90 Å². The quantitative estimate of drug-likeness (QED) is 0.718. The number of rotatable bonds is 1. The van der Waals surface area contributed by atoms with Crippen LogP contribution in [-0.2, 0) is 4.79 Å². The van der Waals surface area contributed by atoms with Gasteiger partial charge in [0.05, 0.1) is 0 Å². The molecule has 2 unspecified atom stereocenters. The minimum absolute atomic E-state index is 0.134. The van der Waals surface area contributed by atoms with Gasteiger partial charge in [-0.2, -0.15) is 0 Å². The smallest absolute Gasteiger partial charge is 0.331 e. The van der Waals surface area contributed by atoms with Crippen LogP contribution in [-0.4, -0.2) is 11.1 Å². The van der Waals surface area contributed by atoms with Crippen LogP contribution in [0.4, 0.5) is 0 Å². The lowest BCUT2D eigenvalue weighted by molar-refractivity contribution is -0.132. The molecule has 0 heterocycles. The van der Waals surface area contributed by atoms with Crippen LogP contribution >= 0.6 is 0 Å². The first-order valence-electron chi connectivity index (χ1n) is 5.80. The van der Waals surface area contributed by atoms with Gasteiger partial charge in [0, 0.05) is 5.57 Å². The Morgan fingerprint density at radius 1 is 1.40 bits per heavy atom.